The lowest BCUT2D eigenvalue weighted by molar-refractivity contribution is 0.101. The summed E-state index contributed by atoms with van der Waals surface area (Å²) in [6.45, 7) is 2.10. The first-order chi connectivity index (χ1) is 10.7. The number of hydrogen-bond donors (Lipinski definition) is 0. The van der Waals surface area contributed by atoms with Crippen molar-refractivity contribution in [2.75, 3.05) is 6.61 Å². The van der Waals surface area contributed by atoms with Gasteiger partial charge >= 0.3 is 0 Å². The van der Waals surface area contributed by atoms with Crippen LogP contribution in [0.3, 0.4) is 0 Å². The smallest absolute Gasteiger partial charge is 0.178 e. The minimum atomic E-state index is -0.0148. The molecule has 0 aliphatic rings. The molecule has 0 atom stereocenters. The molecule has 0 unspecified atom stereocenters. The molecule has 0 N–H and O–H groups in total. The Kier molecular flexibility index (Phi) is 4.15. The van der Waals surface area contributed by atoms with E-state index < -0.39 is 0 Å². The van der Waals surface area contributed by atoms with Gasteiger partial charge in [0.2, 0.25) is 0 Å². The number of hydrogen-bond acceptors (Lipinski definition) is 3. The Morgan fingerprint density at radius 2 is 1.86 bits per heavy atom. The lowest BCUT2D eigenvalue weighted by atomic mass is 10.1. The molecule has 0 saturated carbocycles. The molecule has 2 aromatic carbocycles. The molecular formula is C19H17NO2. The molecule has 0 aliphatic heterocycles. The Balaban J connectivity index is 1.60. The molecule has 3 rings (SSSR count). The Hall–Kier alpha value is -2.68. The summed E-state index contributed by atoms with van der Waals surface area (Å²) in [5, 5.41) is 2.38. The first-order valence-corrected chi connectivity index (χ1v) is 7.30. The molecule has 0 amide bonds. The van der Waals surface area contributed by atoms with Crippen molar-refractivity contribution in [3.8, 4) is 5.75 Å². The number of rotatable bonds is 5. The highest BCUT2D eigenvalue weighted by Gasteiger charge is 2.02. The van der Waals surface area contributed by atoms with Crippen molar-refractivity contribution in [3.63, 3.8) is 0 Å². The van der Waals surface area contributed by atoms with Gasteiger partial charge in [-0.25, -0.2) is 0 Å². The fourth-order valence-electron chi connectivity index (χ4n) is 2.32. The van der Waals surface area contributed by atoms with Crippen LogP contribution in [0.25, 0.3) is 10.8 Å². The molecule has 0 fully saturated rings. The number of carbonyl (C=O) groups excluding carboxylic acids is 1. The number of Topliss-reactive ketones (excluding diaryl/α,β-unsaturated/α-hetero) is 1. The Morgan fingerprint density at radius 1 is 1.05 bits per heavy atom. The maximum Gasteiger partial charge on any atom is 0.178 e. The maximum atomic E-state index is 11.2. The van der Waals surface area contributed by atoms with Gasteiger partial charge in [0.1, 0.15) is 11.4 Å². The van der Waals surface area contributed by atoms with E-state index in [1.165, 1.54) is 17.7 Å². The standard InChI is InChI=1S/C19H17NO2/c1-14(21)19-9-6-15(13-20-19)10-11-22-18-8-7-16-4-2-3-5-17(16)12-18/h2-9,12-13H,10-11H2,1H3. The minimum absolute atomic E-state index is 0.0148. The number of aromatic nitrogens is 1. The van der Waals surface area contributed by atoms with Crippen LogP contribution in [0.4, 0.5) is 0 Å². The van der Waals surface area contributed by atoms with Crippen LogP contribution in [0, 0.1) is 0 Å². The molecule has 0 saturated heterocycles. The summed E-state index contributed by atoms with van der Waals surface area (Å²) < 4.78 is 5.80. The highest BCUT2D eigenvalue weighted by molar-refractivity contribution is 5.92. The van der Waals surface area contributed by atoms with Crippen LogP contribution in [0.5, 0.6) is 5.75 Å². The molecule has 0 spiro atoms. The quantitative estimate of drug-likeness (QED) is 0.665. The van der Waals surface area contributed by atoms with Crippen LogP contribution in [-0.2, 0) is 6.42 Å². The molecule has 1 aromatic heterocycles. The van der Waals surface area contributed by atoms with E-state index in [0.29, 0.717) is 12.3 Å². The third-order valence-electron chi connectivity index (χ3n) is 3.57. The van der Waals surface area contributed by atoms with Gasteiger partial charge in [0.15, 0.2) is 5.78 Å². The van der Waals surface area contributed by atoms with E-state index in [0.717, 1.165) is 17.7 Å². The zero-order chi connectivity index (χ0) is 15.4. The number of benzene rings is 2. The second kappa shape index (κ2) is 6.39. The van der Waals surface area contributed by atoms with E-state index in [2.05, 4.69) is 23.2 Å². The first kappa shape index (κ1) is 14.3. The molecule has 0 bridgehead atoms. The zero-order valence-electron chi connectivity index (χ0n) is 12.5. The second-order valence-electron chi connectivity index (χ2n) is 5.22. The maximum absolute atomic E-state index is 11.2. The summed E-state index contributed by atoms with van der Waals surface area (Å²) in [6.07, 6.45) is 2.50. The van der Waals surface area contributed by atoms with Crippen molar-refractivity contribution < 1.29 is 9.53 Å². The topological polar surface area (TPSA) is 39.2 Å². The fraction of sp³-hybridized carbons (Fsp3) is 0.158. The first-order valence-electron chi connectivity index (χ1n) is 7.30. The van der Waals surface area contributed by atoms with Gasteiger partial charge in [-0.1, -0.05) is 36.4 Å². The molecule has 22 heavy (non-hydrogen) atoms. The van der Waals surface area contributed by atoms with Crippen LogP contribution >= 0.6 is 0 Å². The van der Waals surface area contributed by atoms with E-state index >= 15 is 0 Å². The Labute approximate surface area is 129 Å². The largest absolute Gasteiger partial charge is 0.493 e. The van der Waals surface area contributed by atoms with Gasteiger partial charge in [0.25, 0.3) is 0 Å². The molecule has 1 heterocycles. The predicted octanol–water partition coefficient (Wildman–Crippen LogP) is 4.06. The predicted molar refractivity (Wildman–Crippen MR) is 87.4 cm³/mol. The van der Waals surface area contributed by atoms with E-state index in [9.17, 15) is 4.79 Å². The van der Waals surface area contributed by atoms with Crippen LogP contribution in [0.15, 0.2) is 60.8 Å². The molecular weight excluding hydrogens is 274 g/mol. The number of carbonyl (C=O) groups is 1. The van der Waals surface area contributed by atoms with E-state index in [4.69, 9.17) is 4.74 Å². The van der Waals surface area contributed by atoms with Crippen LogP contribution in [0.1, 0.15) is 23.0 Å². The van der Waals surface area contributed by atoms with Gasteiger partial charge in [0, 0.05) is 19.5 Å². The van der Waals surface area contributed by atoms with Crippen molar-refractivity contribution >= 4 is 16.6 Å². The van der Waals surface area contributed by atoms with Crippen LogP contribution in [0.2, 0.25) is 0 Å². The number of fused-ring (bicyclic) bond motifs is 1. The third kappa shape index (κ3) is 3.31. The minimum Gasteiger partial charge on any atom is -0.493 e. The average Bonchev–Trinajstić information content (AvgIpc) is 2.55. The molecule has 0 aliphatic carbocycles. The molecule has 110 valence electrons. The van der Waals surface area contributed by atoms with Crippen molar-refractivity contribution in [1.82, 2.24) is 4.98 Å². The monoisotopic (exact) mass is 291 g/mol. The second-order valence-corrected chi connectivity index (χ2v) is 5.22. The molecule has 3 aromatic rings. The van der Waals surface area contributed by atoms with Gasteiger partial charge in [-0.15, -0.1) is 0 Å². The molecule has 0 radical (unpaired) electrons. The van der Waals surface area contributed by atoms with Crippen LogP contribution in [-0.4, -0.2) is 17.4 Å². The lowest BCUT2D eigenvalue weighted by Crippen LogP contribution is -2.03. The summed E-state index contributed by atoms with van der Waals surface area (Å²) in [6, 6.07) is 18.0. The van der Waals surface area contributed by atoms with E-state index in [1.54, 1.807) is 12.3 Å². The van der Waals surface area contributed by atoms with Gasteiger partial charge in [0.05, 0.1) is 6.61 Å². The summed E-state index contributed by atoms with van der Waals surface area (Å²) in [4.78, 5) is 15.3. The van der Waals surface area contributed by atoms with Gasteiger partial charge in [-0.2, -0.15) is 0 Å². The van der Waals surface area contributed by atoms with E-state index in [-0.39, 0.29) is 5.78 Å². The zero-order valence-corrected chi connectivity index (χ0v) is 12.5. The summed E-state index contributed by atoms with van der Waals surface area (Å²) in [5.74, 6) is 0.853. The van der Waals surface area contributed by atoms with Gasteiger partial charge < -0.3 is 4.74 Å². The Morgan fingerprint density at radius 3 is 2.59 bits per heavy atom. The van der Waals surface area contributed by atoms with Crippen molar-refractivity contribution in [1.29, 1.82) is 0 Å². The summed E-state index contributed by atoms with van der Waals surface area (Å²) >= 11 is 0. The number of pyridine rings is 1. The average molecular weight is 291 g/mol. The molecule has 3 nitrogen and oxygen atoms in total. The van der Waals surface area contributed by atoms with Crippen molar-refractivity contribution in [2.24, 2.45) is 0 Å². The number of ether oxygens (including phenoxy) is 1. The Bertz CT molecular complexity index is 794. The fourth-order valence-corrected chi connectivity index (χ4v) is 2.32. The molecule has 3 heteroatoms. The number of nitrogens with zero attached hydrogens (tertiary/aromatic N) is 1. The van der Waals surface area contributed by atoms with Gasteiger partial charge in [-0.05, 0) is 34.5 Å². The summed E-state index contributed by atoms with van der Waals surface area (Å²) in [5.41, 5.74) is 1.56. The highest BCUT2D eigenvalue weighted by Crippen LogP contribution is 2.20. The normalized spacial score (nSPS) is 10.6. The van der Waals surface area contributed by atoms with Crippen LogP contribution < -0.4 is 4.74 Å². The summed E-state index contributed by atoms with van der Waals surface area (Å²) in [7, 11) is 0. The number of ketones is 1. The lowest BCUT2D eigenvalue weighted by Gasteiger charge is -2.07. The van der Waals surface area contributed by atoms with E-state index in [1.807, 2.05) is 30.3 Å². The van der Waals surface area contributed by atoms with Crippen molar-refractivity contribution in [3.05, 3.63) is 72.1 Å². The van der Waals surface area contributed by atoms with Crippen molar-refractivity contribution in [2.45, 2.75) is 13.3 Å². The van der Waals surface area contributed by atoms with Gasteiger partial charge in [-0.3, -0.25) is 9.78 Å². The third-order valence-corrected chi connectivity index (χ3v) is 3.57. The highest BCUT2D eigenvalue weighted by atomic mass is 16.5. The SMILES string of the molecule is CC(=O)c1ccc(CCOc2ccc3ccccc3c2)cn1.